The van der Waals surface area contributed by atoms with Gasteiger partial charge in [0.1, 0.15) is 11.8 Å². The molecule has 23 heavy (non-hydrogen) atoms. The average Bonchev–Trinajstić information content (AvgIpc) is 2.54. The minimum atomic E-state index is -1.05. The van der Waals surface area contributed by atoms with Crippen LogP contribution in [0.15, 0.2) is 46.7 Å². The molecule has 0 heterocycles. The van der Waals surface area contributed by atoms with Crippen molar-refractivity contribution in [2.75, 3.05) is 0 Å². The molecule has 1 saturated carbocycles. The molecule has 0 spiro atoms. The molecule has 5 nitrogen and oxygen atoms in total. The molecule has 1 aliphatic carbocycles. The van der Waals surface area contributed by atoms with Gasteiger partial charge in [0.25, 0.3) is 0 Å². The number of aliphatic carboxylic acids is 1. The zero-order valence-corrected chi connectivity index (χ0v) is 13.3. The molecule has 0 aromatic heterocycles. The summed E-state index contributed by atoms with van der Waals surface area (Å²) in [6.07, 6.45) is 1.06. The van der Waals surface area contributed by atoms with Crippen LogP contribution in [0, 0.1) is 0 Å². The maximum absolute atomic E-state index is 12.5. The second-order valence-corrected chi connectivity index (χ2v) is 5.70. The third-order valence-corrected chi connectivity index (χ3v) is 4.04. The highest BCUT2D eigenvalue weighted by molar-refractivity contribution is 6.25. The van der Waals surface area contributed by atoms with Gasteiger partial charge < -0.3 is 10.2 Å². The van der Waals surface area contributed by atoms with Crippen molar-refractivity contribution in [1.29, 1.82) is 0 Å². The number of carboxylic acids is 1. The van der Waals surface area contributed by atoms with Crippen LogP contribution in [0.3, 0.4) is 0 Å². The van der Waals surface area contributed by atoms with Gasteiger partial charge in [-0.25, -0.2) is 4.79 Å². The zero-order valence-electron chi connectivity index (χ0n) is 13.3. The highest BCUT2D eigenvalue weighted by atomic mass is 16.4. The van der Waals surface area contributed by atoms with Crippen LogP contribution in [-0.4, -0.2) is 33.7 Å². The standard InChI is InChI=1S/C18H21NO4/c1-3-15(20)17-14(19-11(2)18(22)23)9-13(10-16(17)21)12-7-5-4-6-8-12/h4-8,11,13,20H,3,9-10H2,1-2H3,(H,22,23)/t11-,13+/m1/s1. The van der Waals surface area contributed by atoms with Crippen molar-refractivity contribution in [3.8, 4) is 0 Å². The van der Waals surface area contributed by atoms with Gasteiger partial charge in [-0.2, -0.15) is 0 Å². The maximum atomic E-state index is 12.5. The first-order valence-electron chi connectivity index (χ1n) is 7.74. The first-order chi connectivity index (χ1) is 10.9. The summed E-state index contributed by atoms with van der Waals surface area (Å²) in [6.45, 7) is 3.21. The van der Waals surface area contributed by atoms with Gasteiger partial charge >= 0.3 is 5.97 Å². The minimum absolute atomic E-state index is 0.0159. The zero-order chi connectivity index (χ0) is 17.0. The molecule has 2 atom stereocenters. The Bertz CT molecular complexity index is 661. The van der Waals surface area contributed by atoms with E-state index in [4.69, 9.17) is 5.11 Å². The van der Waals surface area contributed by atoms with Crippen LogP contribution in [0.2, 0.25) is 0 Å². The quantitative estimate of drug-likeness (QED) is 0.659. The van der Waals surface area contributed by atoms with E-state index in [-0.39, 0.29) is 23.0 Å². The number of aliphatic hydroxyl groups is 1. The van der Waals surface area contributed by atoms with Crippen LogP contribution in [0.1, 0.15) is 44.6 Å². The van der Waals surface area contributed by atoms with Gasteiger partial charge in [-0.3, -0.25) is 9.79 Å². The van der Waals surface area contributed by atoms with E-state index in [0.717, 1.165) is 5.56 Å². The number of rotatable bonds is 4. The summed E-state index contributed by atoms with van der Waals surface area (Å²) in [5.41, 5.74) is 1.61. The van der Waals surface area contributed by atoms with Gasteiger partial charge in [0.05, 0.1) is 11.3 Å². The summed E-state index contributed by atoms with van der Waals surface area (Å²) < 4.78 is 0. The lowest BCUT2D eigenvalue weighted by Crippen LogP contribution is -2.28. The number of carbonyl (C=O) groups is 2. The molecule has 1 fully saturated rings. The van der Waals surface area contributed by atoms with Crippen LogP contribution >= 0.6 is 0 Å². The molecule has 1 aromatic rings. The van der Waals surface area contributed by atoms with E-state index in [0.29, 0.717) is 25.0 Å². The van der Waals surface area contributed by atoms with Crippen molar-refractivity contribution < 1.29 is 19.8 Å². The number of carboxylic acid groups (broad SMARTS) is 1. The summed E-state index contributed by atoms with van der Waals surface area (Å²) in [4.78, 5) is 27.8. The van der Waals surface area contributed by atoms with Crippen molar-refractivity contribution in [3.05, 3.63) is 47.2 Å². The molecule has 0 radical (unpaired) electrons. The first kappa shape index (κ1) is 16.9. The fourth-order valence-corrected chi connectivity index (χ4v) is 2.77. The summed E-state index contributed by atoms with van der Waals surface area (Å²) >= 11 is 0. The largest absolute Gasteiger partial charge is 0.512 e. The lowest BCUT2D eigenvalue weighted by atomic mass is 9.78. The summed E-state index contributed by atoms with van der Waals surface area (Å²) in [5.74, 6) is -1.29. The monoisotopic (exact) mass is 315 g/mol. The first-order valence-corrected chi connectivity index (χ1v) is 7.74. The number of carbonyl (C=O) groups excluding carboxylic acids is 1. The number of benzene rings is 1. The van der Waals surface area contributed by atoms with Crippen molar-refractivity contribution >= 4 is 17.5 Å². The molecule has 0 unspecified atom stereocenters. The number of aliphatic hydroxyl groups excluding tert-OH is 1. The Morgan fingerprint density at radius 3 is 2.48 bits per heavy atom. The van der Waals surface area contributed by atoms with Gasteiger partial charge in [-0.15, -0.1) is 0 Å². The molecule has 0 aliphatic heterocycles. The normalized spacial score (nSPS) is 23.7. The van der Waals surface area contributed by atoms with Crippen molar-refractivity contribution in [2.45, 2.75) is 45.1 Å². The maximum Gasteiger partial charge on any atom is 0.328 e. The topological polar surface area (TPSA) is 87.0 Å². The van der Waals surface area contributed by atoms with E-state index >= 15 is 0 Å². The molecule has 5 heteroatoms. The van der Waals surface area contributed by atoms with Crippen LogP contribution in [0.5, 0.6) is 0 Å². The summed E-state index contributed by atoms with van der Waals surface area (Å²) in [7, 11) is 0. The highest BCUT2D eigenvalue weighted by Crippen LogP contribution is 2.33. The molecule has 2 rings (SSSR count). The Kier molecular flexibility index (Phi) is 5.32. The smallest absolute Gasteiger partial charge is 0.328 e. The van der Waals surface area contributed by atoms with Gasteiger partial charge in [0.2, 0.25) is 0 Å². The number of hydrogen-bond donors (Lipinski definition) is 2. The third kappa shape index (κ3) is 3.86. The van der Waals surface area contributed by atoms with Gasteiger partial charge in [-0.05, 0) is 24.8 Å². The molecule has 1 aromatic carbocycles. The molecule has 0 saturated heterocycles. The van der Waals surface area contributed by atoms with Gasteiger partial charge in [-0.1, -0.05) is 37.3 Å². The lowest BCUT2D eigenvalue weighted by Gasteiger charge is -2.26. The van der Waals surface area contributed by atoms with E-state index < -0.39 is 12.0 Å². The number of Topliss-reactive ketones (excluding diaryl/α,β-unsaturated/α-hetero) is 1. The molecule has 122 valence electrons. The summed E-state index contributed by atoms with van der Waals surface area (Å²) in [6, 6.07) is 8.67. The fraction of sp³-hybridized carbons (Fsp3) is 0.389. The predicted octanol–water partition coefficient (Wildman–Crippen LogP) is 3.27. The van der Waals surface area contributed by atoms with E-state index in [1.54, 1.807) is 6.92 Å². The average molecular weight is 315 g/mol. The van der Waals surface area contributed by atoms with Crippen LogP contribution < -0.4 is 0 Å². The molecule has 1 aliphatic rings. The number of ketones is 1. The van der Waals surface area contributed by atoms with Crippen molar-refractivity contribution in [3.63, 3.8) is 0 Å². The number of nitrogens with zero attached hydrogens (tertiary/aromatic N) is 1. The summed E-state index contributed by atoms with van der Waals surface area (Å²) in [5, 5.41) is 19.1. The number of aliphatic imine (C=N–C) groups is 1. The van der Waals surface area contributed by atoms with Crippen LogP contribution in [0.4, 0.5) is 0 Å². The Morgan fingerprint density at radius 2 is 1.91 bits per heavy atom. The Balaban J connectivity index is 2.43. The minimum Gasteiger partial charge on any atom is -0.512 e. The number of allylic oxidation sites excluding steroid dienone is 2. The Morgan fingerprint density at radius 1 is 1.26 bits per heavy atom. The van der Waals surface area contributed by atoms with Gasteiger partial charge in [0, 0.05) is 12.8 Å². The highest BCUT2D eigenvalue weighted by Gasteiger charge is 2.32. The fourth-order valence-electron chi connectivity index (χ4n) is 2.77. The van der Waals surface area contributed by atoms with Crippen molar-refractivity contribution in [1.82, 2.24) is 0 Å². The van der Waals surface area contributed by atoms with E-state index in [1.165, 1.54) is 6.92 Å². The van der Waals surface area contributed by atoms with Gasteiger partial charge in [0.15, 0.2) is 5.78 Å². The Labute approximate surface area is 135 Å². The van der Waals surface area contributed by atoms with E-state index in [1.807, 2.05) is 30.3 Å². The molecule has 2 N–H and O–H groups in total. The lowest BCUT2D eigenvalue weighted by molar-refractivity contribution is -0.138. The second kappa shape index (κ2) is 7.22. The SMILES string of the molecule is CCC(O)=C1C(=O)C[C@@H](c2ccccc2)CC1=N[C@H](C)C(=O)O. The molecular weight excluding hydrogens is 294 g/mol. The molecule has 0 bridgehead atoms. The predicted molar refractivity (Wildman–Crippen MR) is 87.9 cm³/mol. The van der Waals surface area contributed by atoms with E-state index in [2.05, 4.69) is 4.99 Å². The third-order valence-electron chi connectivity index (χ3n) is 4.04. The second-order valence-electron chi connectivity index (χ2n) is 5.70. The molecular formula is C18H21NO4. The van der Waals surface area contributed by atoms with Crippen molar-refractivity contribution in [2.24, 2.45) is 4.99 Å². The Hall–Kier alpha value is -2.43. The molecule has 0 amide bonds. The van der Waals surface area contributed by atoms with Crippen LogP contribution in [-0.2, 0) is 9.59 Å². The van der Waals surface area contributed by atoms with E-state index in [9.17, 15) is 14.7 Å². The van der Waals surface area contributed by atoms with Crippen LogP contribution in [0.25, 0.3) is 0 Å². The number of hydrogen-bond acceptors (Lipinski definition) is 4.